The summed E-state index contributed by atoms with van der Waals surface area (Å²) < 4.78 is 6.93. The summed E-state index contributed by atoms with van der Waals surface area (Å²) >= 11 is 0. The van der Waals surface area contributed by atoms with E-state index in [0.717, 1.165) is 18.9 Å². The fraction of sp³-hybridized carbons (Fsp3) is 0.688. The van der Waals surface area contributed by atoms with E-state index in [1.54, 1.807) is 7.11 Å². The number of rotatable bonds is 10. The molecule has 2 N–H and O–H groups in total. The molecule has 1 aromatic heterocycles. The van der Waals surface area contributed by atoms with Crippen molar-refractivity contribution in [1.29, 1.82) is 0 Å². The number of nitrogens with zero attached hydrogens (tertiary/aromatic N) is 1. The maximum absolute atomic E-state index is 11.8. The average molecular weight is 293 g/mol. The number of nitrogens with one attached hydrogen (secondary N) is 2. The van der Waals surface area contributed by atoms with E-state index in [1.807, 2.05) is 10.8 Å². The van der Waals surface area contributed by atoms with Gasteiger partial charge in [-0.2, -0.15) is 0 Å². The minimum Gasteiger partial charge on any atom is -0.385 e. The molecule has 0 aliphatic heterocycles. The number of methoxy groups -OCH3 is 1. The number of hydrogen-bond donors (Lipinski definition) is 2. The van der Waals surface area contributed by atoms with Crippen LogP contribution in [0.15, 0.2) is 18.5 Å². The Hall–Kier alpha value is -1.33. The van der Waals surface area contributed by atoms with Crippen LogP contribution in [0.2, 0.25) is 0 Å². The van der Waals surface area contributed by atoms with Crippen LogP contribution < -0.4 is 10.6 Å². The van der Waals surface area contributed by atoms with Gasteiger partial charge in [0, 0.05) is 38.7 Å². The van der Waals surface area contributed by atoms with Crippen molar-refractivity contribution in [2.45, 2.75) is 38.8 Å². The van der Waals surface area contributed by atoms with Gasteiger partial charge >= 0.3 is 0 Å². The van der Waals surface area contributed by atoms with Crippen LogP contribution in [-0.2, 0) is 16.1 Å². The average Bonchev–Trinajstić information content (AvgIpc) is 3.21. The molecule has 5 heteroatoms. The third kappa shape index (κ3) is 5.17. The number of carbonyl (C=O) groups is 1. The van der Waals surface area contributed by atoms with Crippen LogP contribution in [0.3, 0.4) is 0 Å². The Labute approximate surface area is 127 Å². The molecule has 1 heterocycles. The van der Waals surface area contributed by atoms with Crippen LogP contribution in [0.5, 0.6) is 0 Å². The Balaban J connectivity index is 1.80. The van der Waals surface area contributed by atoms with Gasteiger partial charge in [0.05, 0.1) is 0 Å². The fourth-order valence-electron chi connectivity index (χ4n) is 2.61. The lowest BCUT2D eigenvalue weighted by Gasteiger charge is -2.15. The van der Waals surface area contributed by atoms with E-state index in [9.17, 15) is 4.79 Å². The molecule has 0 saturated heterocycles. The Morgan fingerprint density at radius 2 is 2.33 bits per heavy atom. The molecule has 1 aliphatic carbocycles. The van der Waals surface area contributed by atoms with Gasteiger partial charge in [-0.05, 0) is 43.4 Å². The van der Waals surface area contributed by atoms with Crippen LogP contribution >= 0.6 is 0 Å². The molecule has 0 radical (unpaired) electrons. The molecule has 1 fully saturated rings. The summed E-state index contributed by atoms with van der Waals surface area (Å²) in [7, 11) is 1.67. The molecule has 1 unspecified atom stereocenters. The topological polar surface area (TPSA) is 55.3 Å². The summed E-state index contributed by atoms with van der Waals surface area (Å²) in [6.45, 7) is 4.85. The third-order valence-electron chi connectivity index (χ3n) is 3.82. The van der Waals surface area contributed by atoms with Gasteiger partial charge in [-0.25, -0.2) is 0 Å². The quantitative estimate of drug-likeness (QED) is 0.646. The lowest BCUT2D eigenvalue weighted by Crippen LogP contribution is -2.28. The van der Waals surface area contributed by atoms with E-state index in [4.69, 9.17) is 4.74 Å². The Morgan fingerprint density at radius 3 is 3.00 bits per heavy atom. The first-order valence-electron chi connectivity index (χ1n) is 7.89. The Bertz CT molecular complexity index is 440. The van der Waals surface area contributed by atoms with Crippen molar-refractivity contribution in [1.82, 2.24) is 15.2 Å². The summed E-state index contributed by atoms with van der Waals surface area (Å²) in [4.78, 5) is 11.8. The van der Waals surface area contributed by atoms with Crippen LogP contribution in [0, 0.1) is 5.92 Å². The lowest BCUT2D eigenvalue weighted by molar-refractivity contribution is -0.121. The van der Waals surface area contributed by atoms with E-state index < -0.39 is 0 Å². The Morgan fingerprint density at radius 1 is 1.52 bits per heavy atom. The first kappa shape index (κ1) is 16.0. The van der Waals surface area contributed by atoms with E-state index in [0.29, 0.717) is 25.7 Å². The predicted molar refractivity (Wildman–Crippen MR) is 83.1 cm³/mol. The van der Waals surface area contributed by atoms with Crippen LogP contribution in [0.25, 0.3) is 0 Å². The zero-order chi connectivity index (χ0) is 15.1. The largest absolute Gasteiger partial charge is 0.385 e. The van der Waals surface area contributed by atoms with Crippen molar-refractivity contribution in [2.75, 3.05) is 26.8 Å². The van der Waals surface area contributed by atoms with Crippen molar-refractivity contribution in [2.24, 2.45) is 5.92 Å². The highest BCUT2D eigenvalue weighted by Gasteiger charge is 2.32. The number of ether oxygens (including phenoxy) is 1. The number of amides is 1. The molecule has 0 aromatic carbocycles. The van der Waals surface area contributed by atoms with Crippen molar-refractivity contribution >= 4 is 5.91 Å². The van der Waals surface area contributed by atoms with Gasteiger partial charge in [-0.1, -0.05) is 6.92 Å². The monoisotopic (exact) mass is 293 g/mol. The maximum Gasteiger partial charge on any atom is 0.239 e. The molecule has 1 aliphatic rings. The predicted octanol–water partition coefficient (Wildman–Crippen LogP) is 1.70. The molecule has 1 amide bonds. The summed E-state index contributed by atoms with van der Waals surface area (Å²) in [6, 6.07) is 2.57. The van der Waals surface area contributed by atoms with Gasteiger partial charge in [-0.15, -0.1) is 0 Å². The van der Waals surface area contributed by atoms with Gasteiger partial charge in [0.25, 0.3) is 0 Å². The number of aromatic nitrogens is 1. The SMILES string of the molecule is CCNC(c1ccn(CC(=O)NCCCOC)c1)C1CC1. The maximum atomic E-state index is 11.8. The molecule has 0 bridgehead atoms. The van der Waals surface area contributed by atoms with E-state index in [2.05, 4.69) is 29.8 Å². The summed E-state index contributed by atoms with van der Waals surface area (Å²) in [5, 5.41) is 6.46. The molecule has 1 saturated carbocycles. The molecule has 21 heavy (non-hydrogen) atoms. The van der Waals surface area contributed by atoms with Gasteiger partial charge in [0.1, 0.15) is 6.54 Å². The normalized spacial score (nSPS) is 15.9. The van der Waals surface area contributed by atoms with E-state index in [1.165, 1.54) is 18.4 Å². The lowest BCUT2D eigenvalue weighted by atomic mass is 10.1. The van der Waals surface area contributed by atoms with Gasteiger partial charge in [0.2, 0.25) is 5.91 Å². The molecular formula is C16H27N3O2. The van der Waals surface area contributed by atoms with Crippen molar-refractivity contribution in [3.05, 3.63) is 24.0 Å². The summed E-state index contributed by atoms with van der Waals surface area (Å²) in [5.74, 6) is 0.823. The minimum atomic E-state index is 0.0553. The van der Waals surface area contributed by atoms with Crippen molar-refractivity contribution in [3.63, 3.8) is 0 Å². The molecule has 1 atom stereocenters. The minimum absolute atomic E-state index is 0.0553. The van der Waals surface area contributed by atoms with Crippen LogP contribution in [-0.4, -0.2) is 37.3 Å². The molecule has 1 aromatic rings. The second-order valence-electron chi connectivity index (χ2n) is 5.69. The smallest absolute Gasteiger partial charge is 0.239 e. The number of carbonyl (C=O) groups excluding carboxylic acids is 1. The fourth-order valence-corrected chi connectivity index (χ4v) is 2.61. The van der Waals surface area contributed by atoms with Crippen LogP contribution in [0.1, 0.15) is 37.8 Å². The van der Waals surface area contributed by atoms with Crippen molar-refractivity contribution < 1.29 is 9.53 Å². The molecular weight excluding hydrogens is 266 g/mol. The van der Waals surface area contributed by atoms with E-state index in [-0.39, 0.29) is 5.91 Å². The first-order chi connectivity index (χ1) is 10.2. The van der Waals surface area contributed by atoms with Gasteiger partial charge in [-0.3, -0.25) is 4.79 Å². The summed E-state index contributed by atoms with van der Waals surface area (Å²) in [6.07, 6.45) is 7.56. The molecule has 118 valence electrons. The highest BCUT2D eigenvalue weighted by atomic mass is 16.5. The number of hydrogen-bond acceptors (Lipinski definition) is 3. The van der Waals surface area contributed by atoms with Crippen LogP contribution in [0.4, 0.5) is 0 Å². The third-order valence-corrected chi connectivity index (χ3v) is 3.82. The summed E-state index contributed by atoms with van der Waals surface area (Å²) in [5.41, 5.74) is 1.30. The highest BCUT2D eigenvalue weighted by Crippen LogP contribution is 2.40. The standard InChI is InChI=1S/C16H27N3O2/c1-3-17-16(13-5-6-13)14-7-9-19(11-14)12-15(20)18-8-4-10-21-2/h7,9,11,13,16-17H,3-6,8,10,12H2,1-2H3,(H,18,20). The van der Waals surface area contributed by atoms with Crippen molar-refractivity contribution in [3.8, 4) is 0 Å². The van der Waals surface area contributed by atoms with Gasteiger partial charge in [0.15, 0.2) is 0 Å². The second-order valence-corrected chi connectivity index (χ2v) is 5.69. The Kier molecular flexibility index (Phi) is 6.26. The van der Waals surface area contributed by atoms with E-state index >= 15 is 0 Å². The second kappa shape index (κ2) is 8.20. The highest BCUT2D eigenvalue weighted by molar-refractivity contribution is 5.75. The molecule has 5 nitrogen and oxygen atoms in total. The zero-order valence-corrected chi connectivity index (χ0v) is 13.1. The zero-order valence-electron chi connectivity index (χ0n) is 13.1. The molecule has 0 spiro atoms. The first-order valence-corrected chi connectivity index (χ1v) is 7.89. The van der Waals surface area contributed by atoms with Gasteiger partial charge < -0.3 is 19.9 Å². The molecule has 2 rings (SSSR count).